The van der Waals surface area contributed by atoms with Crippen LogP contribution >= 0.6 is 0 Å². The van der Waals surface area contributed by atoms with Crippen LogP contribution in [-0.2, 0) is 16.6 Å². The molecule has 1 aromatic rings. The highest BCUT2D eigenvalue weighted by molar-refractivity contribution is 6.07. The van der Waals surface area contributed by atoms with Crippen molar-refractivity contribution in [1.82, 2.24) is 15.1 Å². The average molecular weight is 250 g/mol. The van der Waals surface area contributed by atoms with E-state index in [1.807, 2.05) is 6.92 Å². The zero-order valence-corrected chi connectivity index (χ0v) is 10.9. The van der Waals surface area contributed by atoms with E-state index in [2.05, 4.69) is 10.4 Å². The summed E-state index contributed by atoms with van der Waals surface area (Å²) in [5, 5.41) is 6.96. The van der Waals surface area contributed by atoms with Crippen LogP contribution in [0.25, 0.3) is 0 Å². The number of piperazine rings is 1. The third-order valence-corrected chi connectivity index (χ3v) is 3.14. The first-order valence-corrected chi connectivity index (χ1v) is 6.17. The monoisotopic (exact) mass is 250 g/mol. The average Bonchev–Trinajstić information content (AvgIpc) is 2.73. The van der Waals surface area contributed by atoms with Crippen molar-refractivity contribution >= 4 is 17.6 Å². The smallest absolute Gasteiger partial charge is 0.251 e. The second-order valence-electron chi connectivity index (χ2n) is 4.58. The second-order valence-corrected chi connectivity index (χ2v) is 4.58. The molecule has 1 aliphatic heterocycles. The Labute approximate surface area is 106 Å². The van der Waals surface area contributed by atoms with Crippen LogP contribution in [0.3, 0.4) is 0 Å². The number of aryl methyl sites for hydroxylation is 1. The molecule has 0 aromatic carbocycles. The molecule has 1 aliphatic rings. The number of anilines is 1. The van der Waals surface area contributed by atoms with Crippen LogP contribution in [0.5, 0.6) is 0 Å². The molecule has 6 heteroatoms. The molecule has 0 bridgehead atoms. The summed E-state index contributed by atoms with van der Waals surface area (Å²) in [6.07, 6.45) is 3.26. The molecule has 1 aromatic heterocycles. The summed E-state index contributed by atoms with van der Waals surface area (Å²) in [4.78, 5) is 25.7. The number of nitrogens with one attached hydrogen (secondary N) is 1. The predicted octanol–water partition coefficient (Wildman–Crippen LogP) is 0.440. The van der Waals surface area contributed by atoms with Crippen molar-refractivity contribution < 1.29 is 9.59 Å². The predicted molar refractivity (Wildman–Crippen MR) is 67.0 cm³/mol. The van der Waals surface area contributed by atoms with Crippen molar-refractivity contribution in [1.29, 1.82) is 0 Å². The third-order valence-electron chi connectivity index (χ3n) is 3.14. The zero-order valence-electron chi connectivity index (χ0n) is 10.9. The molecular formula is C12H18N4O2. The van der Waals surface area contributed by atoms with Gasteiger partial charge in [-0.05, 0) is 13.3 Å². The molecular weight excluding hydrogens is 232 g/mol. The Hall–Kier alpha value is -1.85. The minimum Gasteiger partial charge on any atom is -0.342 e. The Kier molecular flexibility index (Phi) is 3.36. The number of carbonyl (C=O) groups excluding carboxylic acids is 2. The van der Waals surface area contributed by atoms with Gasteiger partial charge >= 0.3 is 0 Å². The molecule has 6 nitrogen and oxygen atoms in total. The minimum absolute atomic E-state index is 0.0809. The summed E-state index contributed by atoms with van der Waals surface area (Å²) in [6.45, 7) is 3.70. The topological polar surface area (TPSA) is 67.2 Å². The van der Waals surface area contributed by atoms with Crippen molar-refractivity contribution in [2.45, 2.75) is 38.8 Å². The maximum absolute atomic E-state index is 12.3. The number of amides is 2. The minimum atomic E-state index is -0.513. The number of hydrogen-bond acceptors (Lipinski definition) is 3. The molecule has 2 rings (SSSR count). The number of aromatic nitrogens is 2. The van der Waals surface area contributed by atoms with Crippen LogP contribution in [0.4, 0.5) is 5.82 Å². The van der Waals surface area contributed by atoms with Crippen LogP contribution < -0.4 is 10.2 Å². The molecule has 2 atom stereocenters. The lowest BCUT2D eigenvalue weighted by Gasteiger charge is -2.35. The number of nitrogens with zero attached hydrogens (tertiary/aromatic N) is 3. The lowest BCUT2D eigenvalue weighted by atomic mass is 10.0. The highest BCUT2D eigenvalue weighted by Crippen LogP contribution is 2.20. The van der Waals surface area contributed by atoms with Gasteiger partial charge in [-0.25, -0.2) is 0 Å². The van der Waals surface area contributed by atoms with Crippen LogP contribution in [0.2, 0.25) is 0 Å². The maximum atomic E-state index is 12.3. The van der Waals surface area contributed by atoms with Crippen molar-refractivity contribution in [3.63, 3.8) is 0 Å². The Morgan fingerprint density at radius 1 is 1.44 bits per heavy atom. The summed E-state index contributed by atoms with van der Waals surface area (Å²) in [7, 11) is 1.78. The summed E-state index contributed by atoms with van der Waals surface area (Å²) in [5.41, 5.74) is 0. The Balaban J connectivity index is 2.30. The van der Waals surface area contributed by atoms with E-state index in [0.717, 1.165) is 6.42 Å². The summed E-state index contributed by atoms with van der Waals surface area (Å²) >= 11 is 0. The fraction of sp³-hybridized carbons (Fsp3) is 0.583. The van der Waals surface area contributed by atoms with Gasteiger partial charge in [-0.1, -0.05) is 13.3 Å². The van der Waals surface area contributed by atoms with Gasteiger partial charge in [0.1, 0.15) is 12.1 Å². The van der Waals surface area contributed by atoms with Crippen LogP contribution in [0.1, 0.15) is 26.7 Å². The van der Waals surface area contributed by atoms with Crippen LogP contribution in [0, 0.1) is 0 Å². The van der Waals surface area contributed by atoms with Gasteiger partial charge < -0.3 is 5.32 Å². The first-order valence-electron chi connectivity index (χ1n) is 6.17. The van der Waals surface area contributed by atoms with E-state index in [4.69, 9.17) is 0 Å². The van der Waals surface area contributed by atoms with Crippen LogP contribution in [-0.4, -0.2) is 33.7 Å². The molecule has 1 fully saturated rings. The van der Waals surface area contributed by atoms with Crippen molar-refractivity contribution in [3.8, 4) is 0 Å². The van der Waals surface area contributed by atoms with E-state index in [9.17, 15) is 9.59 Å². The van der Waals surface area contributed by atoms with Gasteiger partial charge in [-0.2, -0.15) is 5.10 Å². The summed E-state index contributed by atoms with van der Waals surface area (Å²) in [5.74, 6) is 0.326. The van der Waals surface area contributed by atoms with Gasteiger partial charge in [0, 0.05) is 19.3 Å². The molecule has 2 heterocycles. The molecule has 2 amide bonds. The van der Waals surface area contributed by atoms with Gasteiger partial charge in [0.2, 0.25) is 5.91 Å². The number of rotatable bonds is 3. The number of hydrogen-bond donors (Lipinski definition) is 1. The van der Waals surface area contributed by atoms with Gasteiger partial charge in [0.15, 0.2) is 5.82 Å². The largest absolute Gasteiger partial charge is 0.342 e. The molecule has 2 unspecified atom stereocenters. The molecule has 0 aliphatic carbocycles. The normalized spacial score (nSPS) is 24.3. The van der Waals surface area contributed by atoms with Gasteiger partial charge in [-0.15, -0.1) is 0 Å². The molecule has 98 valence electrons. The van der Waals surface area contributed by atoms with Crippen molar-refractivity contribution in [2.75, 3.05) is 4.90 Å². The first kappa shape index (κ1) is 12.6. The molecule has 0 spiro atoms. The quantitative estimate of drug-likeness (QED) is 0.846. The van der Waals surface area contributed by atoms with Crippen molar-refractivity contribution in [2.24, 2.45) is 7.05 Å². The molecule has 0 saturated carbocycles. The zero-order chi connectivity index (χ0) is 13.3. The Bertz CT molecular complexity index is 468. The number of carbonyl (C=O) groups is 2. The molecule has 0 radical (unpaired) electrons. The molecule has 1 saturated heterocycles. The van der Waals surface area contributed by atoms with E-state index < -0.39 is 12.1 Å². The molecule has 1 N–H and O–H groups in total. The SMILES string of the molecule is CCCC1NC(=O)C(C)N(c2ccn(C)n2)C1=O. The summed E-state index contributed by atoms with van der Waals surface area (Å²) < 4.78 is 1.62. The molecule has 18 heavy (non-hydrogen) atoms. The lowest BCUT2D eigenvalue weighted by molar-refractivity contribution is -0.133. The van der Waals surface area contributed by atoms with E-state index in [1.54, 1.807) is 30.9 Å². The fourth-order valence-corrected chi connectivity index (χ4v) is 2.16. The van der Waals surface area contributed by atoms with Gasteiger partial charge in [0.05, 0.1) is 0 Å². The Morgan fingerprint density at radius 2 is 2.17 bits per heavy atom. The van der Waals surface area contributed by atoms with Crippen molar-refractivity contribution in [3.05, 3.63) is 12.3 Å². The van der Waals surface area contributed by atoms with E-state index >= 15 is 0 Å². The van der Waals surface area contributed by atoms with Gasteiger partial charge in [0.25, 0.3) is 5.91 Å². The van der Waals surface area contributed by atoms with E-state index in [0.29, 0.717) is 12.2 Å². The summed E-state index contributed by atoms with van der Waals surface area (Å²) in [6, 6.07) is 0.803. The highest BCUT2D eigenvalue weighted by Gasteiger charge is 2.39. The highest BCUT2D eigenvalue weighted by atomic mass is 16.2. The standard InChI is InChI=1S/C12H18N4O2/c1-4-5-9-12(18)16(8(2)11(17)13-9)10-6-7-15(3)14-10/h6-9H,4-5H2,1-3H3,(H,13,17). The van der Waals surface area contributed by atoms with Crippen LogP contribution in [0.15, 0.2) is 12.3 Å². The second kappa shape index (κ2) is 4.80. The maximum Gasteiger partial charge on any atom is 0.251 e. The van der Waals surface area contributed by atoms with E-state index in [-0.39, 0.29) is 11.8 Å². The Morgan fingerprint density at radius 3 is 2.72 bits per heavy atom. The third kappa shape index (κ3) is 2.10. The lowest BCUT2D eigenvalue weighted by Crippen LogP contribution is -2.62. The van der Waals surface area contributed by atoms with Gasteiger partial charge in [-0.3, -0.25) is 19.2 Å². The van der Waals surface area contributed by atoms with E-state index in [1.165, 1.54) is 4.90 Å². The first-order chi connectivity index (χ1) is 8.54. The fourth-order valence-electron chi connectivity index (χ4n) is 2.16.